The zero-order chi connectivity index (χ0) is 34.6. The molecule has 8 heteroatoms. The van der Waals surface area contributed by atoms with Crippen LogP contribution in [-0.4, -0.2) is 57.4 Å². The van der Waals surface area contributed by atoms with Gasteiger partial charge in [0.25, 0.3) is 10.9 Å². The highest BCUT2D eigenvalue weighted by Crippen LogP contribution is 2.67. The second-order valence-corrected chi connectivity index (χ2v) is 17.3. The maximum absolute atomic E-state index is 12.8. The summed E-state index contributed by atoms with van der Waals surface area (Å²) in [5.41, 5.74) is 1.97. The van der Waals surface area contributed by atoms with Gasteiger partial charge in [0.05, 0.1) is 0 Å². The Hall–Kier alpha value is -2.35. The van der Waals surface area contributed by atoms with Gasteiger partial charge in [-0.25, -0.2) is 4.79 Å². The smallest absolute Gasteiger partial charge is 0.407 e. The number of rotatable bonds is 16. The number of anilines is 2. The van der Waals surface area contributed by atoms with Crippen LogP contribution in [0.3, 0.4) is 0 Å². The molecule has 0 heterocycles. The lowest BCUT2D eigenvalue weighted by atomic mass is 9.47. The van der Waals surface area contributed by atoms with Crippen LogP contribution < -0.4 is 26.8 Å². The molecular formula is C40H66N4O4. The number of alkyl carbamates (subject to hydrolysis) is 1. The molecular weight excluding hydrogens is 600 g/mol. The Kier molecular flexibility index (Phi) is 12.1. The second-order valence-electron chi connectivity index (χ2n) is 17.3. The molecule has 3 N–H and O–H groups in total. The Labute approximate surface area is 290 Å². The maximum atomic E-state index is 12.8. The Morgan fingerprint density at radius 3 is 2.33 bits per heavy atom. The number of ether oxygens (including phenoxy) is 1. The zero-order valence-corrected chi connectivity index (χ0v) is 31.2. The number of hydrogen-bond donors (Lipinski definition) is 3. The fourth-order valence-electron chi connectivity index (χ4n) is 10.8. The van der Waals surface area contributed by atoms with E-state index in [1.54, 1.807) is 0 Å². The lowest BCUT2D eigenvalue weighted by Gasteiger charge is -2.58. The van der Waals surface area contributed by atoms with Gasteiger partial charge >= 0.3 is 6.09 Å². The number of unbranched alkanes of at least 4 members (excludes halogenated alkanes) is 1. The standard InChI is InChI=1S/C40H66N4O4/c1-26(2)11-10-12-27(3)31-15-16-32-30-14-13-28-25-29(17-19-39(28,4)33(30)18-20-40(31,32)5)48-38(47)43-23-22-42-35-34(36(45)37(35)46)41-21-8-9-24-44(6)7/h13,26-27,29-33,41-42H,8-12,14-25H2,1-7H3,(H,43,47)/t27-,29+,30+,31-,32+,33+,39+,40-/m1/s1. The van der Waals surface area contributed by atoms with Crippen molar-refractivity contribution in [3.8, 4) is 0 Å². The van der Waals surface area contributed by atoms with E-state index in [-0.39, 0.29) is 11.5 Å². The van der Waals surface area contributed by atoms with E-state index in [1.165, 1.54) is 56.9 Å². The number of carbonyl (C=O) groups excluding carboxylic acids is 1. The number of hydrogen-bond acceptors (Lipinski definition) is 7. The number of carbonyl (C=O) groups is 1. The molecule has 0 spiro atoms. The van der Waals surface area contributed by atoms with E-state index in [2.05, 4.69) is 61.5 Å². The van der Waals surface area contributed by atoms with Gasteiger partial charge in [-0.05, 0) is 125 Å². The van der Waals surface area contributed by atoms with Crippen molar-refractivity contribution in [1.29, 1.82) is 0 Å². The molecule has 0 aliphatic heterocycles. The third-order valence-corrected chi connectivity index (χ3v) is 13.5. The molecule has 3 fully saturated rings. The molecule has 3 saturated carbocycles. The minimum absolute atomic E-state index is 0.0953. The summed E-state index contributed by atoms with van der Waals surface area (Å²) >= 11 is 0. The second kappa shape index (κ2) is 15.7. The van der Waals surface area contributed by atoms with Crippen molar-refractivity contribution in [2.45, 2.75) is 124 Å². The summed E-state index contributed by atoms with van der Waals surface area (Å²) in [4.78, 5) is 39.0. The maximum Gasteiger partial charge on any atom is 0.407 e. The van der Waals surface area contributed by atoms with Gasteiger partial charge in [0.1, 0.15) is 17.5 Å². The third-order valence-electron chi connectivity index (χ3n) is 13.5. The van der Waals surface area contributed by atoms with Crippen LogP contribution in [0.2, 0.25) is 0 Å². The Balaban J connectivity index is 1.07. The van der Waals surface area contributed by atoms with E-state index >= 15 is 0 Å². The van der Waals surface area contributed by atoms with Crippen LogP contribution in [0.25, 0.3) is 0 Å². The molecule has 8 atom stereocenters. The number of amides is 1. The van der Waals surface area contributed by atoms with Crippen molar-refractivity contribution in [2.75, 3.05) is 50.9 Å². The lowest BCUT2D eigenvalue weighted by Crippen LogP contribution is -2.51. The molecule has 1 aromatic carbocycles. The van der Waals surface area contributed by atoms with Crippen molar-refractivity contribution in [2.24, 2.45) is 46.3 Å². The van der Waals surface area contributed by atoms with Crippen molar-refractivity contribution in [3.63, 3.8) is 0 Å². The Bertz CT molecular complexity index is 1350. The van der Waals surface area contributed by atoms with Crippen molar-refractivity contribution >= 4 is 17.5 Å². The average molecular weight is 667 g/mol. The molecule has 4 aliphatic carbocycles. The minimum Gasteiger partial charge on any atom is -0.446 e. The predicted octanol–water partition coefficient (Wildman–Crippen LogP) is 7.58. The van der Waals surface area contributed by atoms with Crippen LogP contribution in [0.4, 0.5) is 16.2 Å². The van der Waals surface area contributed by atoms with Gasteiger partial charge in [0.2, 0.25) is 0 Å². The van der Waals surface area contributed by atoms with Crippen molar-refractivity contribution in [1.82, 2.24) is 10.2 Å². The molecule has 0 aromatic heterocycles. The van der Waals surface area contributed by atoms with Crippen LogP contribution in [0, 0.1) is 46.3 Å². The summed E-state index contributed by atoms with van der Waals surface area (Å²) in [6.07, 6.45) is 17.7. The van der Waals surface area contributed by atoms with Crippen LogP contribution in [0.5, 0.6) is 0 Å². The third kappa shape index (κ3) is 7.84. The van der Waals surface area contributed by atoms with Gasteiger partial charge in [-0.1, -0.05) is 65.5 Å². The summed E-state index contributed by atoms with van der Waals surface area (Å²) in [6, 6.07) is 0. The van der Waals surface area contributed by atoms with Crippen LogP contribution in [-0.2, 0) is 4.74 Å². The highest BCUT2D eigenvalue weighted by atomic mass is 16.6. The van der Waals surface area contributed by atoms with Gasteiger partial charge < -0.3 is 25.6 Å². The first kappa shape index (κ1) is 36.9. The van der Waals surface area contributed by atoms with E-state index in [0.29, 0.717) is 36.4 Å². The summed E-state index contributed by atoms with van der Waals surface area (Å²) in [6.45, 7) is 14.7. The molecule has 4 aliphatic rings. The number of nitrogens with one attached hydrogen (secondary N) is 3. The van der Waals surface area contributed by atoms with Gasteiger partial charge in [-0.2, -0.15) is 0 Å². The summed E-state index contributed by atoms with van der Waals surface area (Å²) in [5, 5.41) is 8.99. The molecule has 5 rings (SSSR count). The molecule has 8 nitrogen and oxygen atoms in total. The highest BCUT2D eigenvalue weighted by molar-refractivity contribution is 5.74. The zero-order valence-electron chi connectivity index (χ0n) is 31.2. The van der Waals surface area contributed by atoms with E-state index in [1.807, 2.05) is 14.1 Å². The van der Waals surface area contributed by atoms with Crippen LogP contribution >= 0.6 is 0 Å². The van der Waals surface area contributed by atoms with E-state index in [4.69, 9.17) is 4.74 Å². The van der Waals surface area contributed by atoms with E-state index in [0.717, 1.165) is 74.2 Å². The van der Waals surface area contributed by atoms with Crippen LogP contribution in [0.1, 0.15) is 118 Å². The Morgan fingerprint density at radius 1 is 0.896 bits per heavy atom. The first-order valence-corrected chi connectivity index (χ1v) is 19.4. The predicted molar refractivity (Wildman–Crippen MR) is 197 cm³/mol. The molecule has 48 heavy (non-hydrogen) atoms. The van der Waals surface area contributed by atoms with Gasteiger partial charge in [0.15, 0.2) is 0 Å². The Morgan fingerprint density at radius 2 is 1.62 bits per heavy atom. The summed E-state index contributed by atoms with van der Waals surface area (Å²) < 4.78 is 5.93. The topological polar surface area (TPSA) is 99.8 Å². The van der Waals surface area contributed by atoms with Gasteiger partial charge in [-0.3, -0.25) is 9.59 Å². The monoisotopic (exact) mass is 667 g/mol. The first-order valence-electron chi connectivity index (χ1n) is 19.4. The number of nitrogens with zero attached hydrogens (tertiary/aromatic N) is 1. The van der Waals surface area contributed by atoms with Crippen molar-refractivity contribution in [3.05, 3.63) is 32.1 Å². The molecule has 0 radical (unpaired) electrons. The van der Waals surface area contributed by atoms with Crippen molar-refractivity contribution < 1.29 is 9.53 Å². The van der Waals surface area contributed by atoms with Gasteiger partial charge in [-0.15, -0.1) is 0 Å². The molecule has 0 bridgehead atoms. The molecule has 270 valence electrons. The molecule has 0 unspecified atom stereocenters. The van der Waals surface area contributed by atoms with Gasteiger partial charge in [0, 0.05) is 26.1 Å². The molecule has 1 aromatic rings. The highest BCUT2D eigenvalue weighted by Gasteiger charge is 2.59. The fourth-order valence-corrected chi connectivity index (χ4v) is 10.8. The molecule has 0 saturated heterocycles. The van der Waals surface area contributed by atoms with E-state index < -0.39 is 17.0 Å². The van der Waals surface area contributed by atoms with Crippen LogP contribution in [0.15, 0.2) is 21.2 Å². The minimum atomic E-state index is -0.497. The largest absolute Gasteiger partial charge is 0.446 e. The normalized spacial score (nSPS) is 31.9. The number of fused-ring (bicyclic) bond motifs is 5. The fraction of sp³-hybridized carbons (Fsp3) is 0.825. The number of allylic oxidation sites excluding steroid dienone is 1. The summed E-state index contributed by atoms with van der Waals surface area (Å²) in [7, 11) is 4.07. The summed E-state index contributed by atoms with van der Waals surface area (Å²) in [5.74, 6) is 4.91. The van der Waals surface area contributed by atoms with E-state index in [9.17, 15) is 14.4 Å². The average Bonchev–Trinajstić information content (AvgIpc) is 3.40. The quantitative estimate of drug-likeness (QED) is 0.0950. The SMILES string of the molecule is CC(C)CCC[C@@H](C)[C@H]1CC[C@H]2[C@@H]3CC=C4C[C@@H](OC(=O)NCCNc5c(NCCCCN(C)C)c(=O)c5=O)CC[C@]4(C)[C@H]3CC[C@]12C. The first-order chi connectivity index (χ1) is 22.8. The lowest BCUT2D eigenvalue weighted by molar-refractivity contribution is -0.0581. The molecule has 1 amide bonds.